The summed E-state index contributed by atoms with van der Waals surface area (Å²) in [5.41, 5.74) is 4.49. The number of ether oxygens (including phenoxy) is 1. The lowest BCUT2D eigenvalue weighted by Crippen LogP contribution is -2.08. The van der Waals surface area contributed by atoms with Gasteiger partial charge in [-0.05, 0) is 60.7 Å². The number of hydrogen-bond acceptors (Lipinski definition) is 2. The van der Waals surface area contributed by atoms with Gasteiger partial charge in [0.15, 0.2) is 5.78 Å². The summed E-state index contributed by atoms with van der Waals surface area (Å²) in [4.78, 5) is 12.7. The van der Waals surface area contributed by atoms with Crippen molar-refractivity contribution in [3.63, 3.8) is 0 Å². The van der Waals surface area contributed by atoms with Crippen LogP contribution in [0.4, 0.5) is 0 Å². The molecule has 0 amide bonds. The van der Waals surface area contributed by atoms with Crippen molar-refractivity contribution in [1.29, 1.82) is 0 Å². The maximum atomic E-state index is 12.7. The van der Waals surface area contributed by atoms with Crippen LogP contribution in [-0.2, 0) is 12.8 Å². The van der Waals surface area contributed by atoms with Gasteiger partial charge in [0.1, 0.15) is 5.75 Å². The molecule has 0 bridgehead atoms. The van der Waals surface area contributed by atoms with Gasteiger partial charge in [-0.15, -0.1) is 0 Å². The van der Waals surface area contributed by atoms with Gasteiger partial charge >= 0.3 is 0 Å². The van der Waals surface area contributed by atoms with Crippen molar-refractivity contribution in [3.05, 3.63) is 64.7 Å². The van der Waals surface area contributed by atoms with Gasteiger partial charge in [-0.3, -0.25) is 4.79 Å². The summed E-state index contributed by atoms with van der Waals surface area (Å²) in [6, 6.07) is 13.8. The van der Waals surface area contributed by atoms with Crippen LogP contribution in [0.1, 0.15) is 59.7 Å². The summed E-state index contributed by atoms with van der Waals surface area (Å²) >= 11 is 0. The Morgan fingerprint density at radius 1 is 1.00 bits per heavy atom. The van der Waals surface area contributed by atoms with Gasteiger partial charge in [-0.25, -0.2) is 0 Å². The monoisotopic (exact) mass is 324 g/mol. The lowest BCUT2D eigenvalue weighted by Gasteiger charge is -2.12. The summed E-state index contributed by atoms with van der Waals surface area (Å²) in [6.07, 6.45) is 6.52. The van der Waals surface area contributed by atoms with Gasteiger partial charge in [0.2, 0.25) is 0 Å². The molecule has 128 valence electrons. The highest BCUT2D eigenvalue weighted by atomic mass is 16.5. The molecule has 2 rings (SSSR count). The van der Waals surface area contributed by atoms with E-state index in [0.29, 0.717) is 6.42 Å². The van der Waals surface area contributed by atoms with Gasteiger partial charge in [-0.1, -0.05) is 44.4 Å². The summed E-state index contributed by atoms with van der Waals surface area (Å²) in [5, 5.41) is 0. The van der Waals surface area contributed by atoms with Crippen LogP contribution in [0.3, 0.4) is 0 Å². The van der Waals surface area contributed by atoms with Crippen LogP contribution in [0.2, 0.25) is 0 Å². The van der Waals surface area contributed by atoms with Crippen molar-refractivity contribution in [2.75, 3.05) is 7.11 Å². The van der Waals surface area contributed by atoms with Gasteiger partial charge in [0.25, 0.3) is 0 Å². The summed E-state index contributed by atoms with van der Waals surface area (Å²) in [6.45, 7) is 4.33. The topological polar surface area (TPSA) is 26.3 Å². The molecule has 2 heteroatoms. The third kappa shape index (κ3) is 4.95. The number of benzene rings is 2. The van der Waals surface area contributed by atoms with E-state index < -0.39 is 0 Å². The average molecular weight is 324 g/mol. The fourth-order valence-corrected chi connectivity index (χ4v) is 3.03. The second-order valence-corrected chi connectivity index (χ2v) is 6.35. The molecule has 0 unspecified atom stereocenters. The molecular formula is C22H28O2. The Morgan fingerprint density at radius 3 is 2.42 bits per heavy atom. The molecule has 0 aliphatic rings. The van der Waals surface area contributed by atoms with Crippen LogP contribution in [0, 0.1) is 6.92 Å². The Kier molecular flexibility index (Phi) is 7.05. The lowest BCUT2D eigenvalue weighted by molar-refractivity contribution is 0.0992. The fraction of sp³-hybridized carbons (Fsp3) is 0.409. The molecular weight excluding hydrogens is 296 g/mol. The first-order valence-corrected chi connectivity index (χ1v) is 8.90. The van der Waals surface area contributed by atoms with Gasteiger partial charge in [0.05, 0.1) is 7.11 Å². The number of ketones is 1. The Hall–Kier alpha value is -2.09. The highest BCUT2D eigenvalue weighted by molar-refractivity contribution is 5.97. The van der Waals surface area contributed by atoms with Crippen LogP contribution in [0.15, 0.2) is 42.5 Å². The fourth-order valence-electron chi connectivity index (χ4n) is 3.03. The molecule has 0 aliphatic heterocycles. The van der Waals surface area contributed by atoms with E-state index in [1.165, 1.54) is 42.4 Å². The molecule has 0 radical (unpaired) electrons. The number of aryl methyl sites for hydroxylation is 2. The highest BCUT2D eigenvalue weighted by Crippen LogP contribution is 2.20. The zero-order valence-corrected chi connectivity index (χ0v) is 15.1. The van der Waals surface area contributed by atoms with E-state index >= 15 is 0 Å². The summed E-state index contributed by atoms with van der Waals surface area (Å²) in [7, 11) is 1.63. The smallest absolute Gasteiger partial charge is 0.167 e. The van der Waals surface area contributed by atoms with Crippen molar-refractivity contribution in [3.8, 4) is 5.75 Å². The van der Waals surface area contributed by atoms with Crippen molar-refractivity contribution >= 4 is 5.78 Å². The first kappa shape index (κ1) is 18.3. The number of rotatable bonds is 9. The first-order chi connectivity index (χ1) is 11.7. The normalized spacial score (nSPS) is 10.6. The Bertz CT molecular complexity index is 656. The van der Waals surface area contributed by atoms with Crippen LogP contribution in [0.25, 0.3) is 0 Å². The molecule has 0 aromatic heterocycles. The molecule has 0 N–H and O–H groups in total. The molecule has 2 aromatic carbocycles. The first-order valence-electron chi connectivity index (χ1n) is 8.90. The largest absolute Gasteiger partial charge is 0.497 e. The molecule has 2 aromatic rings. The zero-order valence-electron chi connectivity index (χ0n) is 15.1. The van der Waals surface area contributed by atoms with Crippen LogP contribution < -0.4 is 4.74 Å². The van der Waals surface area contributed by atoms with Crippen LogP contribution >= 0.6 is 0 Å². The lowest BCUT2D eigenvalue weighted by atomic mass is 9.92. The second kappa shape index (κ2) is 9.27. The molecule has 0 saturated heterocycles. The number of Topliss-reactive ketones (excluding diaryl/α,β-unsaturated/α-hetero) is 1. The third-order valence-electron chi connectivity index (χ3n) is 4.56. The van der Waals surface area contributed by atoms with E-state index in [1.54, 1.807) is 7.11 Å². The van der Waals surface area contributed by atoms with Gasteiger partial charge in [0, 0.05) is 12.0 Å². The predicted molar refractivity (Wildman–Crippen MR) is 100 cm³/mol. The molecule has 24 heavy (non-hydrogen) atoms. The van der Waals surface area contributed by atoms with Crippen molar-refractivity contribution in [1.82, 2.24) is 0 Å². The SMILES string of the molecule is CCCCCCc1cccc(C)c1CC(=O)c1ccc(OC)cc1. The Balaban J connectivity index is 2.10. The molecule has 2 nitrogen and oxygen atoms in total. The van der Waals surface area contributed by atoms with Crippen molar-refractivity contribution in [2.24, 2.45) is 0 Å². The highest BCUT2D eigenvalue weighted by Gasteiger charge is 2.12. The number of carbonyl (C=O) groups excluding carboxylic acids is 1. The van der Waals surface area contributed by atoms with E-state index in [1.807, 2.05) is 24.3 Å². The third-order valence-corrected chi connectivity index (χ3v) is 4.56. The van der Waals surface area contributed by atoms with Gasteiger partial charge < -0.3 is 4.74 Å². The quantitative estimate of drug-likeness (QED) is 0.446. The Morgan fingerprint density at radius 2 is 1.75 bits per heavy atom. The van der Waals surface area contributed by atoms with Crippen LogP contribution in [0.5, 0.6) is 5.75 Å². The minimum atomic E-state index is 0.168. The maximum absolute atomic E-state index is 12.7. The molecule has 0 saturated carbocycles. The van der Waals surface area contributed by atoms with Crippen molar-refractivity contribution < 1.29 is 9.53 Å². The standard InChI is InChI=1S/C22H28O2/c1-4-5-6-7-10-18-11-8-9-17(2)21(18)16-22(23)19-12-14-20(24-3)15-13-19/h8-9,11-15H,4-7,10,16H2,1-3H3. The minimum Gasteiger partial charge on any atom is -0.497 e. The van der Waals surface area contributed by atoms with Crippen LogP contribution in [-0.4, -0.2) is 12.9 Å². The number of carbonyl (C=O) groups is 1. The van der Waals surface area contributed by atoms with E-state index in [0.717, 1.165) is 17.7 Å². The zero-order chi connectivity index (χ0) is 17.4. The number of methoxy groups -OCH3 is 1. The molecule has 0 spiro atoms. The average Bonchev–Trinajstić information content (AvgIpc) is 2.61. The number of hydrogen-bond donors (Lipinski definition) is 0. The summed E-state index contributed by atoms with van der Waals surface area (Å²) in [5.74, 6) is 0.945. The summed E-state index contributed by atoms with van der Waals surface area (Å²) < 4.78 is 5.16. The molecule has 0 heterocycles. The second-order valence-electron chi connectivity index (χ2n) is 6.35. The van der Waals surface area contributed by atoms with E-state index in [9.17, 15) is 4.79 Å². The molecule has 0 fully saturated rings. The van der Waals surface area contributed by atoms with E-state index in [2.05, 4.69) is 32.0 Å². The van der Waals surface area contributed by atoms with E-state index in [-0.39, 0.29) is 5.78 Å². The molecule has 0 atom stereocenters. The molecule has 0 aliphatic carbocycles. The van der Waals surface area contributed by atoms with Gasteiger partial charge in [-0.2, -0.15) is 0 Å². The number of unbranched alkanes of at least 4 members (excludes halogenated alkanes) is 3. The minimum absolute atomic E-state index is 0.168. The Labute approximate surface area is 145 Å². The van der Waals surface area contributed by atoms with E-state index in [4.69, 9.17) is 4.74 Å². The van der Waals surface area contributed by atoms with Crippen molar-refractivity contribution in [2.45, 2.75) is 52.4 Å². The maximum Gasteiger partial charge on any atom is 0.167 e. The predicted octanol–water partition coefficient (Wildman–Crippen LogP) is 5.55.